The van der Waals surface area contributed by atoms with Gasteiger partial charge in [-0.1, -0.05) is 24.3 Å². The van der Waals surface area contributed by atoms with Crippen molar-refractivity contribution in [2.75, 3.05) is 28.0 Å². The number of sulfonamides is 1. The van der Waals surface area contributed by atoms with E-state index in [0.717, 1.165) is 5.56 Å². The quantitative estimate of drug-likeness (QED) is 0.455. The molecule has 0 saturated carbocycles. The zero-order valence-corrected chi connectivity index (χ0v) is 22.3. The van der Waals surface area contributed by atoms with Crippen LogP contribution in [0.3, 0.4) is 0 Å². The fraction of sp³-hybridized carbons (Fsp3) is 0.250. The summed E-state index contributed by atoms with van der Waals surface area (Å²) >= 11 is 0. The molecule has 0 aromatic heterocycles. The van der Waals surface area contributed by atoms with Crippen LogP contribution in [0.15, 0.2) is 77.7 Å². The highest BCUT2D eigenvalue weighted by Crippen LogP contribution is 2.36. The molecule has 38 heavy (non-hydrogen) atoms. The number of nitrogens with one attached hydrogen (secondary N) is 2. The molecule has 1 heterocycles. The summed E-state index contributed by atoms with van der Waals surface area (Å²) in [5, 5.41) is 5.38. The Balaban J connectivity index is 1.48. The van der Waals surface area contributed by atoms with Crippen LogP contribution in [0.5, 0.6) is 0 Å². The third kappa shape index (κ3) is 5.70. The van der Waals surface area contributed by atoms with E-state index in [1.807, 2.05) is 19.1 Å². The van der Waals surface area contributed by atoms with Crippen LogP contribution < -0.4 is 14.9 Å². The van der Waals surface area contributed by atoms with Crippen LogP contribution in [0.2, 0.25) is 0 Å². The molecule has 198 valence electrons. The normalized spacial score (nSPS) is 14.5. The second-order valence-electron chi connectivity index (χ2n) is 9.14. The monoisotopic (exact) mass is 534 g/mol. The van der Waals surface area contributed by atoms with Crippen molar-refractivity contribution in [3.63, 3.8) is 0 Å². The van der Waals surface area contributed by atoms with E-state index >= 15 is 0 Å². The number of carbonyl (C=O) groups is 3. The molecule has 0 unspecified atom stereocenters. The largest absolute Gasteiger partial charge is 0.330 e. The molecular formula is C28H30N4O5S. The van der Waals surface area contributed by atoms with Gasteiger partial charge in [-0.2, -0.15) is 0 Å². The molecule has 1 aliphatic rings. The van der Waals surface area contributed by atoms with Gasteiger partial charge < -0.3 is 15.5 Å². The van der Waals surface area contributed by atoms with Gasteiger partial charge in [0.1, 0.15) is 6.54 Å². The standard InChI is InChI=1S/C28H30N4O5S/c1-4-31(18-27(34)30-24-14-12-23(13-15-24)29-20(3)33)28(35)22-9-7-10-25(17-22)38(36,37)32-19(2)16-21-8-5-6-11-26(21)32/h5-15,17,19H,4,16,18H2,1-3H3,(H,29,33)(H,30,34)/t19-/m1/s1. The fourth-order valence-corrected chi connectivity index (χ4v) is 6.27. The second-order valence-corrected chi connectivity index (χ2v) is 11.0. The predicted octanol–water partition coefficient (Wildman–Crippen LogP) is 3.89. The number of benzene rings is 3. The number of fused-ring (bicyclic) bond motifs is 1. The van der Waals surface area contributed by atoms with Crippen molar-refractivity contribution in [3.05, 3.63) is 83.9 Å². The van der Waals surface area contributed by atoms with Gasteiger partial charge in [-0.3, -0.25) is 18.7 Å². The first kappa shape index (κ1) is 26.9. The summed E-state index contributed by atoms with van der Waals surface area (Å²) in [5.41, 5.74) is 2.90. The molecule has 0 aliphatic carbocycles. The summed E-state index contributed by atoms with van der Waals surface area (Å²) in [7, 11) is -3.91. The van der Waals surface area contributed by atoms with Crippen LogP contribution >= 0.6 is 0 Å². The highest BCUT2D eigenvalue weighted by Gasteiger charge is 2.36. The molecule has 2 N–H and O–H groups in total. The molecule has 10 heteroatoms. The zero-order chi connectivity index (χ0) is 27.4. The average molecular weight is 535 g/mol. The lowest BCUT2D eigenvalue weighted by molar-refractivity contribution is -0.117. The minimum atomic E-state index is -3.91. The van der Waals surface area contributed by atoms with Gasteiger partial charge in [0.25, 0.3) is 15.9 Å². The third-order valence-corrected chi connectivity index (χ3v) is 8.20. The third-order valence-electron chi connectivity index (χ3n) is 6.27. The highest BCUT2D eigenvalue weighted by molar-refractivity contribution is 7.92. The lowest BCUT2D eigenvalue weighted by Gasteiger charge is -2.25. The number of amides is 3. The maximum atomic E-state index is 13.6. The van der Waals surface area contributed by atoms with Crippen molar-refractivity contribution < 1.29 is 22.8 Å². The Kier molecular flexibility index (Phi) is 7.82. The van der Waals surface area contributed by atoms with Crippen molar-refractivity contribution in [2.45, 2.75) is 38.1 Å². The van der Waals surface area contributed by atoms with Crippen LogP contribution in [0.1, 0.15) is 36.7 Å². The molecule has 1 aliphatic heterocycles. The van der Waals surface area contributed by atoms with Crippen molar-refractivity contribution in [1.82, 2.24) is 4.90 Å². The van der Waals surface area contributed by atoms with Gasteiger partial charge in [-0.05, 0) is 74.4 Å². The summed E-state index contributed by atoms with van der Waals surface area (Å²) in [4.78, 5) is 38.5. The van der Waals surface area contributed by atoms with Crippen LogP contribution in [-0.4, -0.2) is 50.2 Å². The van der Waals surface area contributed by atoms with Gasteiger partial charge in [0.15, 0.2) is 0 Å². The molecule has 4 rings (SSSR count). The van der Waals surface area contributed by atoms with Crippen molar-refractivity contribution in [2.24, 2.45) is 0 Å². The first-order valence-corrected chi connectivity index (χ1v) is 13.7. The number of rotatable bonds is 8. The van der Waals surface area contributed by atoms with E-state index in [0.29, 0.717) is 23.5 Å². The zero-order valence-electron chi connectivity index (χ0n) is 21.5. The van der Waals surface area contributed by atoms with E-state index in [1.54, 1.807) is 49.4 Å². The van der Waals surface area contributed by atoms with Crippen molar-refractivity contribution in [3.8, 4) is 0 Å². The molecule has 0 fully saturated rings. The summed E-state index contributed by atoms with van der Waals surface area (Å²) in [5.74, 6) is -1.05. The molecule has 0 spiro atoms. The maximum absolute atomic E-state index is 13.6. The van der Waals surface area contributed by atoms with Crippen molar-refractivity contribution >= 4 is 44.8 Å². The molecular weight excluding hydrogens is 504 g/mol. The smallest absolute Gasteiger partial charge is 0.264 e. The number of anilines is 3. The van der Waals surface area contributed by atoms with E-state index in [1.165, 1.54) is 34.3 Å². The van der Waals surface area contributed by atoms with E-state index in [4.69, 9.17) is 0 Å². The Bertz CT molecular complexity index is 1470. The number of para-hydroxylation sites is 1. The Labute approximate surface area is 222 Å². The van der Waals surface area contributed by atoms with Crippen LogP contribution in [0.25, 0.3) is 0 Å². The molecule has 3 aromatic rings. The predicted molar refractivity (Wildman–Crippen MR) is 147 cm³/mol. The Morgan fingerprint density at radius 2 is 1.61 bits per heavy atom. The van der Waals surface area contributed by atoms with Gasteiger partial charge in [0, 0.05) is 36.4 Å². The van der Waals surface area contributed by atoms with Gasteiger partial charge in [-0.15, -0.1) is 0 Å². The molecule has 0 radical (unpaired) electrons. The molecule has 9 nitrogen and oxygen atoms in total. The Morgan fingerprint density at radius 3 is 2.26 bits per heavy atom. The lowest BCUT2D eigenvalue weighted by Crippen LogP contribution is -2.38. The first-order valence-electron chi connectivity index (χ1n) is 12.3. The van der Waals surface area contributed by atoms with Gasteiger partial charge >= 0.3 is 0 Å². The summed E-state index contributed by atoms with van der Waals surface area (Å²) in [6, 6.07) is 19.7. The molecule has 3 amide bonds. The topological polar surface area (TPSA) is 116 Å². The van der Waals surface area contributed by atoms with E-state index in [9.17, 15) is 22.8 Å². The van der Waals surface area contributed by atoms with Crippen molar-refractivity contribution in [1.29, 1.82) is 0 Å². The number of hydrogen-bond acceptors (Lipinski definition) is 5. The molecule has 3 aromatic carbocycles. The highest BCUT2D eigenvalue weighted by atomic mass is 32.2. The minimum Gasteiger partial charge on any atom is -0.330 e. The van der Waals surface area contributed by atoms with E-state index < -0.39 is 21.8 Å². The molecule has 0 bridgehead atoms. The Hall–Kier alpha value is -4.18. The number of carbonyl (C=O) groups excluding carboxylic acids is 3. The summed E-state index contributed by atoms with van der Waals surface area (Å²) in [6.45, 7) is 5.05. The number of hydrogen-bond donors (Lipinski definition) is 2. The maximum Gasteiger partial charge on any atom is 0.264 e. The lowest BCUT2D eigenvalue weighted by atomic mass is 10.1. The van der Waals surface area contributed by atoms with Gasteiger partial charge in [0.2, 0.25) is 11.8 Å². The number of nitrogens with zero attached hydrogens (tertiary/aromatic N) is 2. The van der Waals surface area contributed by atoms with Gasteiger partial charge in [0.05, 0.1) is 10.6 Å². The van der Waals surface area contributed by atoms with Gasteiger partial charge in [-0.25, -0.2) is 8.42 Å². The first-order chi connectivity index (χ1) is 18.1. The molecule has 0 saturated heterocycles. The average Bonchev–Trinajstić information content (AvgIpc) is 3.24. The summed E-state index contributed by atoms with van der Waals surface area (Å²) < 4.78 is 28.6. The van der Waals surface area contributed by atoms with E-state index in [2.05, 4.69) is 10.6 Å². The SMILES string of the molecule is CCN(CC(=O)Nc1ccc(NC(C)=O)cc1)C(=O)c1cccc(S(=O)(=O)N2c3ccccc3C[C@H]2C)c1. The minimum absolute atomic E-state index is 0.0201. The number of likely N-dealkylation sites (N-methyl/N-ethyl adjacent to an activating group) is 1. The summed E-state index contributed by atoms with van der Waals surface area (Å²) in [6.07, 6.45) is 0.614. The second kappa shape index (κ2) is 11.1. The Morgan fingerprint density at radius 1 is 0.947 bits per heavy atom. The fourth-order valence-electron chi connectivity index (χ4n) is 4.53. The van der Waals surface area contributed by atoms with Crippen LogP contribution in [-0.2, 0) is 26.0 Å². The van der Waals surface area contributed by atoms with Crippen LogP contribution in [0.4, 0.5) is 17.1 Å². The molecule has 1 atom stereocenters. The van der Waals surface area contributed by atoms with Crippen LogP contribution in [0, 0.1) is 0 Å². The van der Waals surface area contributed by atoms with E-state index in [-0.39, 0.29) is 35.5 Å².